The molecule has 1 amide bonds. The van der Waals surface area contributed by atoms with E-state index in [9.17, 15) is 9.18 Å². The predicted molar refractivity (Wildman–Crippen MR) is 90.9 cm³/mol. The van der Waals surface area contributed by atoms with Gasteiger partial charge in [0.2, 0.25) is 5.91 Å². The van der Waals surface area contributed by atoms with Crippen molar-refractivity contribution in [3.05, 3.63) is 42.3 Å². The molecule has 0 radical (unpaired) electrons. The van der Waals surface area contributed by atoms with Crippen molar-refractivity contribution in [3.63, 3.8) is 0 Å². The zero-order valence-electron chi connectivity index (χ0n) is 13.7. The normalized spacial score (nSPS) is 17.2. The molecule has 1 aromatic heterocycles. The van der Waals surface area contributed by atoms with Crippen LogP contribution in [0.3, 0.4) is 0 Å². The second-order valence-corrected chi connectivity index (χ2v) is 5.65. The molecule has 1 aromatic carbocycles. The molecule has 2 heterocycles. The van der Waals surface area contributed by atoms with Crippen LogP contribution in [0, 0.1) is 5.82 Å². The highest BCUT2D eigenvalue weighted by atomic mass is 19.1. The Morgan fingerprint density at radius 1 is 1.44 bits per heavy atom. The van der Waals surface area contributed by atoms with Gasteiger partial charge in [-0.1, -0.05) is 0 Å². The van der Waals surface area contributed by atoms with Gasteiger partial charge in [0, 0.05) is 37.5 Å². The molecule has 3 rings (SSSR count). The van der Waals surface area contributed by atoms with Gasteiger partial charge in [0.05, 0.1) is 13.2 Å². The first-order valence-corrected chi connectivity index (χ1v) is 7.84. The van der Waals surface area contributed by atoms with Crippen molar-refractivity contribution in [2.24, 2.45) is 0 Å². The van der Waals surface area contributed by atoms with Crippen molar-refractivity contribution in [1.82, 2.24) is 10.3 Å². The first-order valence-electron chi connectivity index (χ1n) is 7.84. The number of pyridine rings is 1. The summed E-state index contributed by atoms with van der Waals surface area (Å²) in [6.45, 7) is 3.00. The molecule has 132 valence electrons. The Bertz CT molecular complexity index is 771. The van der Waals surface area contributed by atoms with Crippen LogP contribution in [-0.4, -0.2) is 36.8 Å². The Morgan fingerprint density at radius 3 is 3.04 bits per heavy atom. The Hall–Kier alpha value is -2.87. The topological polar surface area (TPSA) is 89.7 Å². The Morgan fingerprint density at radius 2 is 2.28 bits per heavy atom. The molecule has 1 unspecified atom stereocenters. The lowest BCUT2D eigenvalue weighted by molar-refractivity contribution is -0.123. The highest BCUT2D eigenvalue weighted by Crippen LogP contribution is 2.28. The van der Waals surface area contributed by atoms with Gasteiger partial charge in [-0.3, -0.25) is 4.79 Å². The number of ether oxygens (including phenoxy) is 2. The third-order valence-corrected chi connectivity index (χ3v) is 3.66. The lowest BCUT2D eigenvalue weighted by Gasteiger charge is -2.33. The van der Waals surface area contributed by atoms with Crippen molar-refractivity contribution in [2.75, 3.05) is 30.3 Å². The van der Waals surface area contributed by atoms with Crippen molar-refractivity contribution in [1.29, 1.82) is 0 Å². The summed E-state index contributed by atoms with van der Waals surface area (Å²) >= 11 is 0. The number of morpholine rings is 1. The summed E-state index contributed by atoms with van der Waals surface area (Å²) in [6, 6.07) is 7.61. The van der Waals surface area contributed by atoms with E-state index in [0.717, 1.165) is 0 Å². The van der Waals surface area contributed by atoms with Gasteiger partial charge in [-0.15, -0.1) is 0 Å². The number of carbonyl (C=O) groups excluding carboxylic acids is 1. The molecule has 1 saturated heterocycles. The summed E-state index contributed by atoms with van der Waals surface area (Å²) in [7, 11) is 0. The van der Waals surface area contributed by atoms with Crippen LogP contribution in [0.15, 0.2) is 36.5 Å². The maximum atomic E-state index is 13.9. The number of halogens is 1. The fraction of sp³-hybridized carbons (Fsp3) is 0.294. The van der Waals surface area contributed by atoms with E-state index >= 15 is 0 Å². The molecule has 1 aliphatic heterocycles. The van der Waals surface area contributed by atoms with Gasteiger partial charge in [0.15, 0.2) is 11.6 Å². The minimum absolute atomic E-state index is 0.0875. The zero-order chi connectivity index (χ0) is 17.8. The van der Waals surface area contributed by atoms with Crippen LogP contribution in [0.2, 0.25) is 0 Å². The number of nitrogens with zero attached hydrogens (tertiary/aromatic N) is 2. The van der Waals surface area contributed by atoms with Gasteiger partial charge in [-0.25, -0.2) is 9.37 Å². The highest BCUT2D eigenvalue weighted by Gasteiger charge is 2.22. The molecule has 3 N–H and O–H groups in total. The maximum absolute atomic E-state index is 13.9. The smallest absolute Gasteiger partial charge is 0.218 e. The van der Waals surface area contributed by atoms with Crippen LogP contribution in [-0.2, 0) is 9.53 Å². The molecule has 1 atom stereocenters. The summed E-state index contributed by atoms with van der Waals surface area (Å²) < 4.78 is 25.0. The van der Waals surface area contributed by atoms with E-state index in [1.165, 1.54) is 19.1 Å². The van der Waals surface area contributed by atoms with E-state index in [1.54, 1.807) is 24.4 Å². The molecule has 0 aliphatic carbocycles. The summed E-state index contributed by atoms with van der Waals surface area (Å²) in [5, 5.41) is 2.73. The number of amides is 1. The van der Waals surface area contributed by atoms with Crippen LogP contribution in [0.4, 0.5) is 15.9 Å². The van der Waals surface area contributed by atoms with Crippen molar-refractivity contribution >= 4 is 17.4 Å². The lowest BCUT2D eigenvalue weighted by Crippen LogP contribution is -2.50. The number of carbonyl (C=O) groups is 1. The molecule has 0 saturated carbocycles. The second-order valence-electron chi connectivity index (χ2n) is 5.65. The van der Waals surface area contributed by atoms with Crippen molar-refractivity contribution in [2.45, 2.75) is 13.2 Å². The van der Waals surface area contributed by atoms with E-state index in [4.69, 9.17) is 15.2 Å². The van der Waals surface area contributed by atoms with Crippen LogP contribution in [0.1, 0.15) is 6.92 Å². The average molecular weight is 346 g/mol. The number of aromatic nitrogens is 1. The van der Waals surface area contributed by atoms with Crippen molar-refractivity contribution in [3.8, 4) is 11.5 Å². The summed E-state index contributed by atoms with van der Waals surface area (Å²) in [4.78, 5) is 17.5. The Labute approximate surface area is 144 Å². The molecule has 1 fully saturated rings. The van der Waals surface area contributed by atoms with E-state index < -0.39 is 12.0 Å². The lowest BCUT2D eigenvalue weighted by atomic mass is 10.3. The van der Waals surface area contributed by atoms with Crippen LogP contribution >= 0.6 is 0 Å². The number of rotatable bonds is 4. The number of anilines is 2. The standard InChI is InChI=1S/C17H19FN4O3/c1-11(23)21-17-10-22(6-7-24-17)16-9-13(4-5-20-16)25-15-3-2-12(19)8-14(15)18/h2-5,8-9,17H,6-7,10,19H2,1H3,(H,21,23). The molecular formula is C17H19FN4O3. The molecular weight excluding hydrogens is 327 g/mol. The van der Waals surface area contributed by atoms with Crippen LogP contribution < -0.4 is 20.7 Å². The number of nitrogens with one attached hydrogen (secondary N) is 1. The number of hydrogen-bond donors (Lipinski definition) is 2. The summed E-state index contributed by atoms with van der Waals surface area (Å²) in [5.41, 5.74) is 5.87. The van der Waals surface area contributed by atoms with Crippen LogP contribution in [0.5, 0.6) is 11.5 Å². The second kappa shape index (κ2) is 7.35. The van der Waals surface area contributed by atoms with Gasteiger partial charge in [-0.05, 0) is 18.2 Å². The predicted octanol–water partition coefficient (Wildman–Crippen LogP) is 1.89. The van der Waals surface area contributed by atoms with Gasteiger partial charge >= 0.3 is 0 Å². The SMILES string of the molecule is CC(=O)NC1CN(c2cc(Oc3ccc(N)cc3F)ccn2)CCO1. The fourth-order valence-electron chi connectivity index (χ4n) is 2.53. The van der Waals surface area contributed by atoms with Gasteiger partial charge < -0.3 is 25.4 Å². The average Bonchev–Trinajstić information content (AvgIpc) is 2.57. The zero-order valence-corrected chi connectivity index (χ0v) is 13.7. The molecule has 7 nitrogen and oxygen atoms in total. The Balaban J connectivity index is 1.73. The maximum Gasteiger partial charge on any atom is 0.218 e. The highest BCUT2D eigenvalue weighted by molar-refractivity contribution is 5.73. The monoisotopic (exact) mass is 346 g/mol. The Kier molecular flexibility index (Phi) is 4.99. The van der Waals surface area contributed by atoms with E-state index in [-0.39, 0.29) is 11.7 Å². The fourth-order valence-corrected chi connectivity index (χ4v) is 2.53. The van der Waals surface area contributed by atoms with Gasteiger partial charge in [0.1, 0.15) is 17.8 Å². The number of benzene rings is 1. The molecule has 1 aliphatic rings. The third-order valence-electron chi connectivity index (χ3n) is 3.66. The molecule has 25 heavy (non-hydrogen) atoms. The minimum atomic E-state index is -0.532. The first kappa shape index (κ1) is 17.0. The number of nitrogens with two attached hydrogens (primary N) is 1. The molecule has 2 aromatic rings. The first-order chi connectivity index (χ1) is 12.0. The van der Waals surface area contributed by atoms with Gasteiger partial charge in [0.25, 0.3) is 0 Å². The van der Waals surface area contributed by atoms with E-state index in [1.807, 2.05) is 4.90 Å². The van der Waals surface area contributed by atoms with Gasteiger partial charge in [-0.2, -0.15) is 0 Å². The van der Waals surface area contributed by atoms with E-state index in [2.05, 4.69) is 10.3 Å². The largest absolute Gasteiger partial charge is 0.454 e. The number of hydrogen-bond acceptors (Lipinski definition) is 6. The van der Waals surface area contributed by atoms with Crippen molar-refractivity contribution < 1.29 is 18.7 Å². The molecule has 0 spiro atoms. The van der Waals surface area contributed by atoms with E-state index in [0.29, 0.717) is 37.0 Å². The summed E-state index contributed by atoms with van der Waals surface area (Å²) in [5.74, 6) is 0.513. The molecule has 0 bridgehead atoms. The van der Waals surface area contributed by atoms with Crippen LogP contribution in [0.25, 0.3) is 0 Å². The minimum Gasteiger partial charge on any atom is -0.454 e. The molecule has 8 heteroatoms. The summed E-state index contributed by atoms with van der Waals surface area (Å²) in [6.07, 6.45) is 1.19. The number of nitrogen functional groups attached to an aromatic ring is 1. The quantitative estimate of drug-likeness (QED) is 0.822. The third kappa shape index (κ3) is 4.36.